The second-order valence-electron chi connectivity index (χ2n) is 6.69. The van der Waals surface area contributed by atoms with Gasteiger partial charge < -0.3 is 0 Å². The number of aromatic nitrogens is 3. The minimum atomic E-state index is 0.0934. The van der Waals surface area contributed by atoms with Gasteiger partial charge in [0.1, 0.15) is 0 Å². The van der Waals surface area contributed by atoms with E-state index in [9.17, 15) is 4.79 Å². The third-order valence-corrected chi connectivity index (χ3v) is 6.61. The van der Waals surface area contributed by atoms with E-state index < -0.39 is 0 Å². The number of anilines is 1. The maximum atomic E-state index is 13.1. The van der Waals surface area contributed by atoms with Crippen LogP contribution in [0.15, 0.2) is 71.9 Å². The molecule has 7 heteroatoms. The zero-order valence-electron chi connectivity index (χ0n) is 16.2. The molecular weight excluding hydrogens is 400 g/mol. The van der Waals surface area contributed by atoms with Gasteiger partial charge >= 0.3 is 0 Å². The van der Waals surface area contributed by atoms with Gasteiger partial charge in [0.25, 0.3) is 0 Å². The average Bonchev–Trinajstić information content (AvgIpc) is 3.39. The number of carbonyl (C=O) groups is 1. The van der Waals surface area contributed by atoms with Gasteiger partial charge in [0.05, 0.1) is 16.8 Å². The van der Waals surface area contributed by atoms with Crippen molar-refractivity contribution in [2.24, 2.45) is 0 Å². The predicted molar refractivity (Wildman–Crippen MR) is 121 cm³/mol. The summed E-state index contributed by atoms with van der Waals surface area (Å²) in [6.07, 6.45) is 4.13. The molecule has 4 rings (SSSR count). The Hall–Kier alpha value is -2.64. The summed E-state index contributed by atoms with van der Waals surface area (Å²) >= 11 is 3.27. The normalized spacial score (nSPS) is 11.1. The van der Waals surface area contributed by atoms with Crippen molar-refractivity contribution in [2.45, 2.75) is 24.8 Å². The van der Waals surface area contributed by atoms with E-state index in [-0.39, 0.29) is 5.91 Å². The van der Waals surface area contributed by atoms with Crippen LogP contribution in [0, 0.1) is 6.92 Å². The number of para-hydroxylation sites is 1. The molecule has 4 aromatic rings. The number of fused-ring (bicyclic) bond motifs is 1. The third-order valence-electron chi connectivity index (χ3n) is 4.53. The van der Waals surface area contributed by atoms with Crippen molar-refractivity contribution < 1.29 is 4.79 Å². The molecule has 0 unspecified atom stereocenters. The SMILES string of the molecule is Cc1ccc(SCCC(=O)N(CCn2cccn2)c2nc3ccccc3s2)cc1. The summed E-state index contributed by atoms with van der Waals surface area (Å²) < 4.78 is 2.93. The Morgan fingerprint density at radius 2 is 1.97 bits per heavy atom. The lowest BCUT2D eigenvalue weighted by Gasteiger charge is -2.20. The van der Waals surface area contributed by atoms with Crippen LogP contribution in [0.4, 0.5) is 5.13 Å². The molecule has 0 fully saturated rings. The summed E-state index contributed by atoms with van der Waals surface area (Å²) in [4.78, 5) is 20.8. The van der Waals surface area contributed by atoms with E-state index in [1.165, 1.54) is 10.5 Å². The fourth-order valence-corrected chi connectivity index (χ4v) is 4.81. The molecule has 2 aromatic carbocycles. The number of carbonyl (C=O) groups excluding carboxylic acids is 1. The number of hydrogen-bond donors (Lipinski definition) is 0. The Kier molecular flexibility index (Phi) is 6.27. The van der Waals surface area contributed by atoms with Crippen molar-refractivity contribution in [3.8, 4) is 0 Å². The predicted octanol–water partition coefficient (Wildman–Crippen LogP) is 5.02. The number of hydrogen-bond acceptors (Lipinski definition) is 5. The summed E-state index contributed by atoms with van der Waals surface area (Å²) in [5, 5.41) is 5.00. The van der Waals surface area contributed by atoms with Crippen molar-refractivity contribution in [2.75, 3.05) is 17.2 Å². The van der Waals surface area contributed by atoms with Gasteiger partial charge in [-0.05, 0) is 37.3 Å². The number of nitrogens with zero attached hydrogens (tertiary/aromatic N) is 4. The molecule has 0 spiro atoms. The standard InChI is InChI=1S/C22H22N4OS2/c1-17-7-9-18(10-8-17)28-16-11-21(27)26(15-14-25-13-4-12-23-25)22-24-19-5-2-3-6-20(19)29-22/h2-10,12-13H,11,14-16H2,1H3. The highest BCUT2D eigenvalue weighted by Gasteiger charge is 2.19. The van der Waals surface area contributed by atoms with Gasteiger partial charge in [-0.25, -0.2) is 4.98 Å². The third kappa shape index (κ3) is 5.05. The molecule has 5 nitrogen and oxygen atoms in total. The summed E-state index contributed by atoms with van der Waals surface area (Å²) in [5.74, 6) is 0.834. The molecule has 0 N–H and O–H groups in total. The lowest BCUT2D eigenvalue weighted by Crippen LogP contribution is -2.34. The molecule has 0 atom stereocenters. The molecular formula is C22H22N4OS2. The molecule has 148 valence electrons. The van der Waals surface area contributed by atoms with Crippen LogP contribution in [0.2, 0.25) is 0 Å². The number of rotatable bonds is 8. The molecule has 0 bridgehead atoms. The summed E-state index contributed by atoms with van der Waals surface area (Å²) in [6.45, 7) is 3.27. The Bertz CT molecular complexity index is 1040. The van der Waals surface area contributed by atoms with Crippen LogP contribution in [0.25, 0.3) is 10.2 Å². The molecule has 0 aliphatic carbocycles. The molecule has 0 aliphatic heterocycles. The molecule has 2 aromatic heterocycles. The Balaban J connectivity index is 1.45. The van der Waals surface area contributed by atoms with Gasteiger partial charge in [0.15, 0.2) is 5.13 Å². The minimum Gasteiger partial charge on any atom is -0.286 e. The zero-order valence-corrected chi connectivity index (χ0v) is 17.8. The van der Waals surface area contributed by atoms with Crippen LogP contribution >= 0.6 is 23.1 Å². The van der Waals surface area contributed by atoms with Gasteiger partial charge in [-0.1, -0.05) is 41.2 Å². The molecule has 0 saturated heterocycles. The van der Waals surface area contributed by atoms with Crippen LogP contribution in [0.1, 0.15) is 12.0 Å². The highest BCUT2D eigenvalue weighted by atomic mass is 32.2. The van der Waals surface area contributed by atoms with Crippen LogP contribution in [0.3, 0.4) is 0 Å². The quantitative estimate of drug-likeness (QED) is 0.374. The fourth-order valence-electron chi connectivity index (χ4n) is 2.96. The number of thiazole rings is 1. The van der Waals surface area contributed by atoms with E-state index >= 15 is 0 Å². The van der Waals surface area contributed by atoms with Crippen LogP contribution in [0.5, 0.6) is 0 Å². The summed E-state index contributed by atoms with van der Waals surface area (Å²) in [5.41, 5.74) is 2.17. The maximum absolute atomic E-state index is 13.1. The highest BCUT2D eigenvalue weighted by Crippen LogP contribution is 2.29. The van der Waals surface area contributed by atoms with E-state index in [2.05, 4.69) is 36.3 Å². The second kappa shape index (κ2) is 9.24. The first kappa shape index (κ1) is 19.7. The summed E-state index contributed by atoms with van der Waals surface area (Å²) in [7, 11) is 0. The fraction of sp³-hybridized carbons (Fsp3) is 0.227. The number of thioether (sulfide) groups is 1. The smallest absolute Gasteiger partial charge is 0.229 e. The Morgan fingerprint density at radius 1 is 1.14 bits per heavy atom. The van der Waals surface area contributed by atoms with E-state index in [1.54, 1.807) is 29.3 Å². The van der Waals surface area contributed by atoms with E-state index in [0.29, 0.717) is 19.5 Å². The van der Waals surface area contributed by atoms with Gasteiger partial charge in [0.2, 0.25) is 5.91 Å². The molecule has 0 saturated carbocycles. The average molecular weight is 423 g/mol. The van der Waals surface area contributed by atoms with Crippen LogP contribution in [-0.4, -0.2) is 33.0 Å². The lowest BCUT2D eigenvalue weighted by molar-refractivity contribution is -0.118. The van der Waals surface area contributed by atoms with Crippen molar-refractivity contribution in [3.63, 3.8) is 0 Å². The van der Waals surface area contributed by atoms with Crippen molar-refractivity contribution >= 4 is 44.4 Å². The Morgan fingerprint density at radius 3 is 2.72 bits per heavy atom. The highest BCUT2D eigenvalue weighted by molar-refractivity contribution is 7.99. The lowest BCUT2D eigenvalue weighted by atomic mass is 10.2. The van der Waals surface area contributed by atoms with Gasteiger partial charge in [-0.2, -0.15) is 5.10 Å². The largest absolute Gasteiger partial charge is 0.286 e. The first-order valence-corrected chi connectivity index (χ1v) is 11.3. The molecule has 1 amide bonds. The van der Waals surface area contributed by atoms with Crippen LogP contribution in [-0.2, 0) is 11.3 Å². The molecule has 0 aliphatic rings. The van der Waals surface area contributed by atoms with Crippen LogP contribution < -0.4 is 4.90 Å². The van der Waals surface area contributed by atoms with E-state index in [0.717, 1.165) is 21.1 Å². The number of aryl methyl sites for hydroxylation is 1. The minimum absolute atomic E-state index is 0.0934. The topological polar surface area (TPSA) is 51.0 Å². The van der Waals surface area contributed by atoms with E-state index in [4.69, 9.17) is 4.98 Å². The second-order valence-corrected chi connectivity index (χ2v) is 8.87. The summed E-state index contributed by atoms with van der Waals surface area (Å²) in [6, 6.07) is 18.3. The molecule has 2 heterocycles. The van der Waals surface area contributed by atoms with Crippen molar-refractivity contribution in [1.29, 1.82) is 0 Å². The monoisotopic (exact) mass is 422 g/mol. The first-order chi connectivity index (χ1) is 14.2. The maximum Gasteiger partial charge on any atom is 0.229 e. The van der Waals surface area contributed by atoms with Crippen molar-refractivity contribution in [1.82, 2.24) is 14.8 Å². The van der Waals surface area contributed by atoms with Gasteiger partial charge in [0, 0.05) is 36.0 Å². The first-order valence-electron chi connectivity index (χ1n) is 9.52. The Labute approximate surface area is 178 Å². The van der Waals surface area contributed by atoms with Crippen molar-refractivity contribution in [3.05, 3.63) is 72.6 Å². The zero-order chi connectivity index (χ0) is 20.1. The van der Waals surface area contributed by atoms with Gasteiger partial charge in [-0.3, -0.25) is 14.4 Å². The van der Waals surface area contributed by atoms with Gasteiger partial charge in [-0.15, -0.1) is 11.8 Å². The number of benzene rings is 2. The number of amides is 1. The molecule has 29 heavy (non-hydrogen) atoms. The molecule has 0 radical (unpaired) electrons. The van der Waals surface area contributed by atoms with E-state index in [1.807, 2.05) is 46.1 Å².